The number of nitrogens with zero attached hydrogens (tertiary/aromatic N) is 1. The topological polar surface area (TPSA) is 53.6 Å². The lowest BCUT2D eigenvalue weighted by Gasteiger charge is -2.39. The Morgan fingerprint density at radius 2 is 1.79 bits per heavy atom. The van der Waals surface area contributed by atoms with Crippen LogP contribution in [0.15, 0.2) is 42.5 Å². The predicted octanol–water partition coefficient (Wildman–Crippen LogP) is 3.55. The molecule has 0 radical (unpaired) electrons. The molecule has 184 valence electrons. The van der Waals surface area contributed by atoms with Gasteiger partial charge in [-0.15, -0.1) is 24.8 Å². The van der Waals surface area contributed by atoms with E-state index in [9.17, 15) is 4.79 Å². The molecule has 3 aliphatic heterocycles. The number of fused-ring (bicyclic) bond motifs is 4. The molecule has 2 N–H and O–H groups in total. The van der Waals surface area contributed by atoms with Crippen LogP contribution >= 0.6 is 24.8 Å². The maximum Gasteiger partial charge on any atom is 0.237 e. The number of benzene rings is 2. The molecular weight excluding hydrogens is 469 g/mol. The highest BCUT2D eigenvalue weighted by Gasteiger charge is 2.43. The number of carbonyl (C=O) groups is 1. The number of likely N-dealkylation sites (tertiary alicyclic amines) is 1. The van der Waals surface area contributed by atoms with Gasteiger partial charge in [0.05, 0.1) is 12.6 Å². The van der Waals surface area contributed by atoms with E-state index in [0.29, 0.717) is 17.9 Å². The van der Waals surface area contributed by atoms with Crippen LogP contribution in [0.2, 0.25) is 0 Å². The van der Waals surface area contributed by atoms with Crippen LogP contribution in [0.25, 0.3) is 0 Å². The first-order valence-electron chi connectivity index (χ1n) is 12.3. The molecule has 34 heavy (non-hydrogen) atoms. The molecule has 2 bridgehead atoms. The highest BCUT2D eigenvalue weighted by Crippen LogP contribution is 2.37. The molecule has 7 heteroatoms. The van der Waals surface area contributed by atoms with Crippen molar-refractivity contribution in [2.24, 2.45) is 11.8 Å². The third-order valence-corrected chi connectivity index (χ3v) is 8.09. The molecule has 2 aromatic rings. The quantitative estimate of drug-likeness (QED) is 0.654. The summed E-state index contributed by atoms with van der Waals surface area (Å²) in [6.45, 7) is 4.90. The molecule has 1 saturated heterocycles. The first kappa shape index (κ1) is 25.3. The second kappa shape index (κ2) is 10.9. The second-order valence-corrected chi connectivity index (χ2v) is 10.1. The number of hydrogen-bond acceptors (Lipinski definition) is 4. The lowest BCUT2D eigenvalue weighted by molar-refractivity contribution is -0.125. The van der Waals surface area contributed by atoms with Crippen molar-refractivity contribution in [2.75, 3.05) is 26.2 Å². The molecule has 0 aromatic heterocycles. The maximum absolute atomic E-state index is 13.1. The summed E-state index contributed by atoms with van der Waals surface area (Å²) in [7, 11) is 0. The fourth-order valence-electron chi connectivity index (χ4n) is 6.30. The van der Waals surface area contributed by atoms with E-state index in [0.717, 1.165) is 57.8 Å². The van der Waals surface area contributed by atoms with Crippen molar-refractivity contribution in [1.82, 2.24) is 15.5 Å². The largest absolute Gasteiger partial charge is 0.493 e. The van der Waals surface area contributed by atoms with Gasteiger partial charge in [0.25, 0.3) is 0 Å². The van der Waals surface area contributed by atoms with E-state index in [-0.39, 0.29) is 36.8 Å². The van der Waals surface area contributed by atoms with Gasteiger partial charge >= 0.3 is 0 Å². The van der Waals surface area contributed by atoms with Crippen LogP contribution in [0.4, 0.5) is 0 Å². The van der Waals surface area contributed by atoms with E-state index in [1.807, 2.05) is 0 Å². The minimum atomic E-state index is -0.107. The van der Waals surface area contributed by atoms with Gasteiger partial charge in [-0.3, -0.25) is 4.79 Å². The first-order valence-corrected chi connectivity index (χ1v) is 12.3. The van der Waals surface area contributed by atoms with Crippen LogP contribution in [0.3, 0.4) is 0 Å². The van der Waals surface area contributed by atoms with Crippen molar-refractivity contribution in [3.63, 3.8) is 0 Å². The fourth-order valence-corrected chi connectivity index (χ4v) is 6.30. The van der Waals surface area contributed by atoms with E-state index < -0.39 is 0 Å². The zero-order valence-electron chi connectivity index (χ0n) is 19.5. The molecule has 0 spiro atoms. The zero-order valence-corrected chi connectivity index (χ0v) is 21.1. The number of carbonyl (C=O) groups excluding carboxylic acids is 1. The normalized spacial score (nSPS) is 26.9. The van der Waals surface area contributed by atoms with E-state index in [1.54, 1.807) is 0 Å². The summed E-state index contributed by atoms with van der Waals surface area (Å²) < 4.78 is 5.74. The molecule has 3 unspecified atom stereocenters. The van der Waals surface area contributed by atoms with Crippen molar-refractivity contribution >= 4 is 30.7 Å². The summed E-state index contributed by atoms with van der Waals surface area (Å²) in [5.41, 5.74) is 5.34. The smallest absolute Gasteiger partial charge is 0.237 e. The van der Waals surface area contributed by atoms with E-state index in [4.69, 9.17) is 4.74 Å². The molecule has 1 amide bonds. The van der Waals surface area contributed by atoms with Crippen molar-refractivity contribution < 1.29 is 9.53 Å². The second-order valence-electron chi connectivity index (χ2n) is 10.1. The maximum atomic E-state index is 13.1. The Morgan fingerprint density at radius 3 is 2.59 bits per heavy atom. The third kappa shape index (κ3) is 5.08. The number of piperidine rings is 1. The lowest BCUT2D eigenvalue weighted by atomic mass is 9.90. The van der Waals surface area contributed by atoms with Gasteiger partial charge in [0.2, 0.25) is 5.91 Å². The predicted molar refractivity (Wildman–Crippen MR) is 139 cm³/mol. The van der Waals surface area contributed by atoms with Gasteiger partial charge in [-0.25, -0.2) is 0 Å². The molecule has 2 aromatic carbocycles. The Bertz CT molecular complexity index is 1000. The van der Waals surface area contributed by atoms with Crippen molar-refractivity contribution in [3.05, 3.63) is 64.7 Å². The first-order chi connectivity index (χ1) is 15.7. The molecule has 6 rings (SSSR count). The molecule has 4 aliphatic rings. The Labute approximate surface area is 214 Å². The highest BCUT2D eigenvalue weighted by molar-refractivity contribution is 5.85. The molecule has 1 aliphatic carbocycles. The van der Waals surface area contributed by atoms with E-state index in [1.165, 1.54) is 35.1 Å². The Kier molecular flexibility index (Phi) is 8.08. The van der Waals surface area contributed by atoms with Crippen LogP contribution in [-0.2, 0) is 30.6 Å². The standard InChI is InChI=1S/C27H33N3O2.2ClH/c31-27(24-14-20-3-1-2-4-21(20)15-28-24)29-26-22-7-8-23(26)17-30(16-22)11-9-18-5-6-19-10-12-32-25(19)13-18;;/h1-6,13,22-24,26,28H,7-12,14-17H2,(H,29,31);2*1H. The monoisotopic (exact) mass is 503 g/mol. The van der Waals surface area contributed by atoms with Crippen LogP contribution in [0.5, 0.6) is 5.75 Å². The molecule has 3 heterocycles. The average molecular weight is 505 g/mol. The number of nitrogens with one attached hydrogen (secondary N) is 2. The molecular formula is C27H35Cl2N3O2. The summed E-state index contributed by atoms with van der Waals surface area (Å²) in [6.07, 6.45) is 5.37. The lowest BCUT2D eigenvalue weighted by Crippen LogP contribution is -2.57. The van der Waals surface area contributed by atoms with Gasteiger partial charge in [0.1, 0.15) is 5.75 Å². The third-order valence-electron chi connectivity index (χ3n) is 8.09. The van der Waals surface area contributed by atoms with Gasteiger partial charge in [0, 0.05) is 38.6 Å². The highest BCUT2D eigenvalue weighted by atomic mass is 35.5. The number of halogens is 2. The van der Waals surface area contributed by atoms with Gasteiger partial charge in [0.15, 0.2) is 0 Å². The summed E-state index contributed by atoms with van der Waals surface area (Å²) in [4.78, 5) is 15.7. The number of hydrogen-bond donors (Lipinski definition) is 2. The molecule has 3 atom stereocenters. The number of rotatable bonds is 5. The van der Waals surface area contributed by atoms with Crippen LogP contribution in [0.1, 0.15) is 35.1 Å². The van der Waals surface area contributed by atoms with Crippen LogP contribution in [-0.4, -0.2) is 49.1 Å². The zero-order chi connectivity index (χ0) is 21.5. The molecule has 1 saturated carbocycles. The van der Waals surface area contributed by atoms with E-state index in [2.05, 4.69) is 58.0 Å². The van der Waals surface area contributed by atoms with Gasteiger partial charge < -0.3 is 20.3 Å². The summed E-state index contributed by atoms with van der Waals surface area (Å²) >= 11 is 0. The van der Waals surface area contributed by atoms with Crippen LogP contribution in [0, 0.1) is 11.8 Å². The minimum Gasteiger partial charge on any atom is -0.493 e. The minimum absolute atomic E-state index is 0. The van der Waals surface area contributed by atoms with Crippen LogP contribution < -0.4 is 15.4 Å². The summed E-state index contributed by atoms with van der Waals surface area (Å²) in [5, 5.41) is 6.91. The van der Waals surface area contributed by atoms with Crippen molar-refractivity contribution in [3.8, 4) is 5.75 Å². The van der Waals surface area contributed by atoms with Gasteiger partial charge in [-0.1, -0.05) is 36.4 Å². The van der Waals surface area contributed by atoms with Crippen molar-refractivity contribution in [1.29, 1.82) is 0 Å². The average Bonchev–Trinajstić information content (AvgIpc) is 3.37. The number of amides is 1. The van der Waals surface area contributed by atoms with Gasteiger partial charge in [-0.2, -0.15) is 0 Å². The summed E-state index contributed by atoms with van der Waals surface area (Å²) in [5.74, 6) is 2.43. The Morgan fingerprint density at radius 1 is 1.03 bits per heavy atom. The molecule has 5 nitrogen and oxygen atoms in total. The Hall–Kier alpha value is -1.79. The van der Waals surface area contributed by atoms with Crippen molar-refractivity contribution in [2.45, 2.75) is 50.7 Å². The fraction of sp³-hybridized carbons (Fsp3) is 0.519. The van der Waals surface area contributed by atoms with E-state index >= 15 is 0 Å². The Balaban J connectivity index is 0.00000137. The SMILES string of the molecule is Cl.Cl.O=C(NC1C2CCC1CN(CCc1ccc3c(c1)OCC3)C2)C1Cc2ccccc2CN1. The van der Waals surface area contributed by atoms with Gasteiger partial charge in [-0.05, 0) is 65.8 Å². The summed E-state index contributed by atoms with van der Waals surface area (Å²) in [6, 6.07) is 15.4. The molecule has 2 fully saturated rings. The number of ether oxygens (including phenoxy) is 1.